The molecule has 0 aliphatic carbocycles. The first kappa shape index (κ1) is 14.7. The molecule has 0 aromatic heterocycles. The molecule has 0 bridgehead atoms. The third-order valence-electron chi connectivity index (χ3n) is 2.87. The lowest BCUT2D eigenvalue weighted by Gasteiger charge is -2.23. The van der Waals surface area contributed by atoms with Gasteiger partial charge in [0.15, 0.2) is 0 Å². The summed E-state index contributed by atoms with van der Waals surface area (Å²) in [5.41, 5.74) is 1.26. The van der Waals surface area contributed by atoms with Crippen LogP contribution in [0.25, 0.3) is 0 Å². The quantitative estimate of drug-likeness (QED) is 0.724. The molecule has 0 aromatic rings. The molecule has 1 saturated heterocycles. The molecule has 3 heteroatoms. The average Bonchev–Trinajstić information content (AvgIpc) is 2.27. The van der Waals surface area contributed by atoms with Crippen LogP contribution in [0.3, 0.4) is 0 Å². The van der Waals surface area contributed by atoms with Crippen molar-refractivity contribution in [1.29, 1.82) is 0 Å². The second-order valence-corrected chi connectivity index (χ2v) is 5.92. The van der Waals surface area contributed by atoms with E-state index in [0.717, 1.165) is 44.8 Å². The van der Waals surface area contributed by atoms with Crippen molar-refractivity contribution in [2.75, 3.05) is 33.0 Å². The minimum absolute atomic E-state index is 0.143. The highest BCUT2D eigenvalue weighted by molar-refractivity contribution is 4.98. The molecule has 100 valence electrons. The van der Waals surface area contributed by atoms with E-state index in [0.29, 0.717) is 12.5 Å². The van der Waals surface area contributed by atoms with Gasteiger partial charge in [-0.15, -0.1) is 0 Å². The Morgan fingerprint density at radius 1 is 1.35 bits per heavy atom. The lowest BCUT2D eigenvalue weighted by Crippen LogP contribution is -2.37. The van der Waals surface area contributed by atoms with Crippen molar-refractivity contribution in [1.82, 2.24) is 5.32 Å². The number of hydrogen-bond donors (Lipinski definition) is 1. The summed E-state index contributed by atoms with van der Waals surface area (Å²) in [6.07, 6.45) is 2.26. The summed E-state index contributed by atoms with van der Waals surface area (Å²) in [5.74, 6) is 0.673. The van der Waals surface area contributed by atoms with Crippen LogP contribution in [0.1, 0.15) is 33.6 Å². The van der Waals surface area contributed by atoms with Crippen molar-refractivity contribution >= 4 is 0 Å². The minimum atomic E-state index is 0.143. The summed E-state index contributed by atoms with van der Waals surface area (Å²) >= 11 is 0. The van der Waals surface area contributed by atoms with Gasteiger partial charge < -0.3 is 14.8 Å². The molecule has 0 spiro atoms. The summed E-state index contributed by atoms with van der Waals surface area (Å²) in [7, 11) is 0. The molecule has 1 heterocycles. The monoisotopic (exact) mass is 241 g/mol. The van der Waals surface area contributed by atoms with Gasteiger partial charge in [0.2, 0.25) is 0 Å². The fraction of sp³-hybridized carbons (Fsp3) is 0.857. The van der Waals surface area contributed by atoms with Crippen molar-refractivity contribution in [3.05, 3.63) is 12.2 Å². The Bertz CT molecular complexity index is 227. The van der Waals surface area contributed by atoms with Crippen molar-refractivity contribution in [3.63, 3.8) is 0 Å². The van der Waals surface area contributed by atoms with E-state index >= 15 is 0 Å². The van der Waals surface area contributed by atoms with Crippen LogP contribution in [0.4, 0.5) is 0 Å². The zero-order valence-corrected chi connectivity index (χ0v) is 11.6. The molecule has 1 N–H and O–H groups in total. The topological polar surface area (TPSA) is 30.5 Å². The summed E-state index contributed by atoms with van der Waals surface area (Å²) < 4.78 is 11.0. The van der Waals surface area contributed by atoms with E-state index in [9.17, 15) is 0 Å². The number of hydrogen-bond acceptors (Lipinski definition) is 3. The van der Waals surface area contributed by atoms with Gasteiger partial charge in [-0.05, 0) is 45.1 Å². The largest absolute Gasteiger partial charge is 0.381 e. The Labute approximate surface area is 106 Å². The first-order chi connectivity index (χ1) is 7.97. The van der Waals surface area contributed by atoms with E-state index < -0.39 is 0 Å². The maximum atomic E-state index is 5.71. The summed E-state index contributed by atoms with van der Waals surface area (Å²) in [4.78, 5) is 0. The normalized spacial score (nSPS) is 18.3. The Morgan fingerprint density at radius 2 is 2.00 bits per heavy atom. The lowest BCUT2D eigenvalue weighted by atomic mass is 10.0. The Kier molecular flexibility index (Phi) is 6.17. The molecule has 1 fully saturated rings. The highest BCUT2D eigenvalue weighted by Crippen LogP contribution is 2.14. The first-order valence-corrected chi connectivity index (χ1v) is 6.54. The van der Waals surface area contributed by atoms with Crippen LogP contribution in [0.2, 0.25) is 0 Å². The Morgan fingerprint density at radius 3 is 2.59 bits per heavy atom. The fourth-order valence-corrected chi connectivity index (χ4v) is 1.72. The van der Waals surface area contributed by atoms with Crippen molar-refractivity contribution in [3.8, 4) is 0 Å². The number of ether oxygens (including phenoxy) is 2. The molecule has 0 unspecified atom stereocenters. The summed E-state index contributed by atoms with van der Waals surface area (Å²) in [6.45, 7) is 14.6. The van der Waals surface area contributed by atoms with E-state index in [1.54, 1.807) is 0 Å². The van der Waals surface area contributed by atoms with E-state index in [2.05, 4.69) is 32.7 Å². The minimum Gasteiger partial charge on any atom is -0.381 e. The van der Waals surface area contributed by atoms with E-state index in [4.69, 9.17) is 9.47 Å². The fourth-order valence-electron chi connectivity index (χ4n) is 1.72. The molecule has 0 atom stereocenters. The maximum absolute atomic E-state index is 5.71. The van der Waals surface area contributed by atoms with Crippen LogP contribution in [-0.2, 0) is 9.47 Å². The van der Waals surface area contributed by atoms with Gasteiger partial charge in [0.05, 0.1) is 6.61 Å². The van der Waals surface area contributed by atoms with Gasteiger partial charge in [-0.2, -0.15) is 0 Å². The molecule has 0 saturated carbocycles. The van der Waals surface area contributed by atoms with Crippen LogP contribution < -0.4 is 5.32 Å². The molecule has 0 radical (unpaired) electrons. The summed E-state index contributed by atoms with van der Waals surface area (Å²) in [6, 6.07) is 0. The smallest absolute Gasteiger partial charge is 0.0686 e. The van der Waals surface area contributed by atoms with Crippen LogP contribution in [0, 0.1) is 5.92 Å². The highest BCUT2D eigenvalue weighted by Gasteiger charge is 2.14. The number of rotatable bonds is 6. The van der Waals surface area contributed by atoms with E-state index in [1.807, 2.05) is 0 Å². The SMILES string of the molecule is C=C(CNC(C)(C)C)COCC1CCOCC1. The predicted molar refractivity (Wildman–Crippen MR) is 71.3 cm³/mol. The second kappa shape index (κ2) is 7.14. The van der Waals surface area contributed by atoms with Crippen molar-refractivity contribution < 1.29 is 9.47 Å². The van der Waals surface area contributed by atoms with Gasteiger partial charge in [0, 0.05) is 31.9 Å². The van der Waals surface area contributed by atoms with Gasteiger partial charge in [-0.1, -0.05) is 6.58 Å². The Hall–Kier alpha value is -0.380. The van der Waals surface area contributed by atoms with Gasteiger partial charge in [-0.3, -0.25) is 0 Å². The van der Waals surface area contributed by atoms with Gasteiger partial charge in [0.25, 0.3) is 0 Å². The van der Waals surface area contributed by atoms with E-state index in [1.165, 1.54) is 0 Å². The van der Waals surface area contributed by atoms with Crippen molar-refractivity contribution in [2.24, 2.45) is 5.92 Å². The third-order valence-corrected chi connectivity index (χ3v) is 2.87. The van der Waals surface area contributed by atoms with Gasteiger partial charge >= 0.3 is 0 Å². The Balaban J connectivity index is 2.03. The molecule has 3 nitrogen and oxygen atoms in total. The van der Waals surface area contributed by atoms with Crippen LogP contribution in [-0.4, -0.2) is 38.5 Å². The third kappa shape index (κ3) is 7.53. The van der Waals surface area contributed by atoms with Crippen LogP contribution >= 0.6 is 0 Å². The lowest BCUT2D eigenvalue weighted by molar-refractivity contribution is 0.0256. The summed E-state index contributed by atoms with van der Waals surface area (Å²) in [5, 5.41) is 3.41. The zero-order valence-electron chi connectivity index (χ0n) is 11.6. The second-order valence-electron chi connectivity index (χ2n) is 5.92. The molecule has 0 amide bonds. The zero-order chi connectivity index (χ0) is 12.7. The van der Waals surface area contributed by atoms with Gasteiger partial charge in [-0.25, -0.2) is 0 Å². The predicted octanol–water partition coefficient (Wildman–Crippen LogP) is 2.37. The molecular formula is C14H27NO2. The van der Waals surface area contributed by atoms with Crippen LogP contribution in [0.15, 0.2) is 12.2 Å². The standard InChI is InChI=1S/C14H27NO2/c1-12(9-15-14(2,3)4)10-17-11-13-5-7-16-8-6-13/h13,15H,1,5-11H2,2-4H3. The molecule has 0 aromatic carbocycles. The number of nitrogens with one attached hydrogen (secondary N) is 1. The first-order valence-electron chi connectivity index (χ1n) is 6.54. The molecular weight excluding hydrogens is 214 g/mol. The van der Waals surface area contributed by atoms with Crippen LogP contribution in [0.5, 0.6) is 0 Å². The van der Waals surface area contributed by atoms with Gasteiger partial charge in [0.1, 0.15) is 0 Å². The molecule has 17 heavy (non-hydrogen) atoms. The highest BCUT2D eigenvalue weighted by atomic mass is 16.5. The van der Waals surface area contributed by atoms with E-state index in [-0.39, 0.29) is 5.54 Å². The maximum Gasteiger partial charge on any atom is 0.0686 e. The molecule has 1 aliphatic heterocycles. The van der Waals surface area contributed by atoms with Crippen molar-refractivity contribution in [2.45, 2.75) is 39.2 Å². The average molecular weight is 241 g/mol. The molecule has 1 rings (SSSR count). The molecule has 1 aliphatic rings.